The van der Waals surface area contributed by atoms with Gasteiger partial charge in [-0.15, -0.1) is 11.3 Å². The van der Waals surface area contributed by atoms with Crippen LogP contribution in [0.3, 0.4) is 0 Å². The topological polar surface area (TPSA) is 110 Å². The quantitative estimate of drug-likeness (QED) is 0.292. The minimum Gasteiger partial charge on any atom is -0.395 e. The molecule has 1 amide bonds. The van der Waals surface area contributed by atoms with E-state index in [4.69, 9.17) is 9.72 Å². The summed E-state index contributed by atoms with van der Waals surface area (Å²) in [6, 6.07) is 14.9. The molecule has 3 aromatic rings. The lowest BCUT2D eigenvalue weighted by Crippen LogP contribution is -2.56. The summed E-state index contributed by atoms with van der Waals surface area (Å²) < 4.78 is 5.49. The van der Waals surface area contributed by atoms with Gasteiger partial charge in [0.25, 0.3) is 5.91 Å². The second-order valence-corrected chi connectivity index (χ2v) is 12.6. The van der Waals surface area contributed by atoms with E-state index in [1.54, 1.807) is 17.4 Å². The molecule has 234 valence electrons. The first-order valence-electron chi connectivity index (χ1n) is 15.8. The lowest BCUT2D eigenvalue weighted by Gasteiger charge is -2.42. The first kappa shape index (κ1) is 30.7. The number of carbonyl (C=O) groups excluding carboxylic acids is 2. The number of rotatable bonds is 10. The number of morpholine rings is 1. The number of ether oxygens (including phenoxy) is 1. The monoisotopic (exact) mass is 618 g/mol. The van der Waals surface area contributed by atoms with Crippen molar-refractivity contribution in [3.63, 3.8) is 0 Å². The Balaban J connectivity index is 1.11. The lowest BCUT2D eigenvalue weighted by molar-refractivity contribution is -0.0919. The van der Waals surface area contributed by atoms with E-state index >= 15 is 0 Å². The Morgan fingerprint density at radius 3 is 2.34 bits per heavy atom. The molecular formula is C33H42N6O4S. The Kier molecular flexibility index (Phi) is 9.88. The molecule has 1 saturated carbocycles. The van der Waals surface area contributed by atoms with Crippen LogP contribution < -0.4 is 15.5 Å². The Hall–Kier alpha value is -3.35. The molecule has 44 heavy (non-hydrogen) atoms. The summed E-state index contributed by atoms with van der Waals surface area (Å²) in [6.45, 7) is 7.67. The van der Waals surface area contributed by atoms with Gasteiger partial charge in [-0.1, -0.05) is 43.5 Å². The van der Waals surface area contributed by atoms with Gasteiger partial charge in [-0.05, 0) is 37.1 Å². The maximum absolute atomic E-state index is 14.0. The summed E-state index contributed by atoms with van der Waals surface area (Å²) in [4.78, 5) is 34.9. The Labute approximate surface area is 263 Å². The van der Waals surface area contributed by atoms with E-state index in [2.05, 4.69) is 30.9 Å². The molecule has 0 bridgehead atoms. The normalized spacial score (nSPS) is 19.4. The van der Waals surface area contributed by atoms with Gasteiger partial charge in [0.05, 0.1) is 25.5 Å². The third-order valence-corrected chi connectivity index (χ3v) is 9.84. The van der Waals surface area contributed by atoms with Crippen LogP contribution in [-0.4, -0.2) is 103 Å². The van der Waals surface area contributed by atoms with Crippen LogP contribution in [0.4, 0.5) is 10.8 Å². The highest BCUT2D eigenvalue weighted by Gasteiger charge is 2.42. The number of carbonyl (C=O) groups is 2. The van der Waals surface area contributed by atoms with Crippen molar-refractivity contribution in [2.75, 3.05) is 75.9 Å². The summed E-state index contributed by atoms with van der Waals surface area (Å²) in [7, 11) is 0. The first-order valence-corrected chi connectivity index (χ1v) is 16.6. The largest absolute Gasteiger partial charge is 0.395 e. The standard InChI is InChI=1S/C33H42N6O4S/c40-21-14-34-28-7-3-2-6-27(28)30(41)33(12-4-1-5-13-33)36-31(42)26-10-8-25(9-11-26)29-24-44-32(35-29)37-15-17-38(18-16-37)39-19-22-43-23-20-39/h2-3,6-11,24,34,40H,1,4-5,12-23H2,(H,36,42). The van der Waals surface area contributed by atoms with Crippen molar-refractivity contribution in [1.29, 1.82) is 0 Å². The van der Waals surface area contributed by atoms with Gasteiger partial charge >= 0.3 is 0 Å². The minimum absolute atomic E-state index is 0.0328. The maximum atomic E-state index is 14.0. The highest BCUT2D eigenvalue weighted by atomic mass is 32.1. The number of aliphatic hydroxyl groups is 1. The lowest BCUT2D eigenvalue weighted by atomic mass is 9.76. The summed E-state index contributed by atoms with van der Waals surface area (Å²) in [5.74, 6) is -0.325. The number of amides is 1. The second-order valence-electron chi connectivity index (χ2n) is 11.7. The smallest absolute Gasteiger partial charge is 0.252 e. The van der Waals surface area contributed by atoms with Crippen molar-refractivity contribution in [1.82, 2.24) is 20.3 Å². The van der Waals surface area contributed by atoms with Gasteiger partial charge in [-0.25, -0.2) is 15.0 Å². The molecular weight excluding hydrogens is 576 g/mol. The number of nitrogens with one attached hydrogen (secondary N) is 2. The number of piperazine rings is 1. The molecule has 0 atom stereocenters. The number of hydrogen-bond donors (Lipinski definition) is 3. The van der Waals surface area contributed by atoms with Gasteiger partial charge in [0.2, 0.25) is 0 Å². The second kappa shape index (κ2) is 14.2. The maximum Gasteiger partial charge on any atom is 0.252 e. The molecule has 10 nitrogen and oxygen atoms in total. The summed E-state index contributed by atoms with van der Waals surface area (Å²) in [6.07, 6.45) is 4.01. The van der Waals surface area contributed by atoms with Crippen LogP contribution in [0, 0.1) is 0 Å². The molecule has 3 aliphatic rings. The van der Waals surface area contributed by atoms with E-state index in [9.17, 15) is 14.7 Å². The fraction of sp³-hybridized carbons (Fsp3) is 0.485. The average Bonchev–Trinajstić information content (AvgIpc) is 3.59. The number of Topliss-reactive ketones (excluding diaryl/α,β-unsaturated/α-hetero) is 1. The Bertz CT molecular complexity index is 1410. The number of hydrazine groups is 1. The number of thiazole rings is 1. The zero-order chi connectivity index (χ0) is 30.4. The number of para-hydroxylation sites is 1. The van der Waals surface area contributed by atoms with Gasteiger partial charge in [0, 0.05) is 73.6 Å². The number of hydrogen-bond acceptors (Lipinski definition) is 10. The van der Waals surface area contributed by atoms with Gasteiger partial charge in [-0.2, -0.15) is 0 Å². The Morgan fingerprint density at radius 1 is 0.909 bits per heavy atom. The van der Waals surface area contributed by atoms with Crippen LogP contribution in [0.25, 0.3) is 11.3 Å². The molecule has 3 N–H and O–H groups in total. The SMILES string of the molecule is O=C(NC1(C(=O)c2ccccc2NCCO)CCCCC1)c1ccc(-c2csc(N3CCN(N4CCOCC4)CC3)n2)cc1. The summed E-state index contributed by atoms with van der Waals surface area (Å²) in [5, 5.41) is 23.6. The molecule has 6 rings (SSSR count). The first-order chi connectivity index (χ1) is 21.6. The molecule has 0 unspecified atom stereocenters. The van der Waals surface area contributed by atoms with Crippen molar-refractivity contribution in [2.45, 2.75) is 37.6 Å². The molecule has 0 radical (unpaired) electrons. The number of anilines is 2. The summed E-state index contributed by atoms with van der Waals surface area (Å²) in [5.41, 5.74) is 2.65. The fourth-order valence-electron chi connectivity index (χ4n) is 6.48. The molecule has 0 spiro atoms. The van der Waals surface area contributed by atoms with E-state index in [-0.39, 0.29) is 18.3 Å². The molecule has 3 fully saturated rings. The summed E-state index contributed by atoms with van der Waals surface area (Å²) >= 11 is 1.65. The molecule has 11 heteroatoms. The van der Waals surface area contributed by atoms with Gasteiger partial charge in [0.15, 0.2) is 10.9 Å². The van der Waals surface area contributed by atoms with Gasteiger partial charge in [0.1, 0.15) is 5.54 Å². The number of nitrogens with zero attached hydrogens (tertiary/aromatic N) is 4. The zero-order valence-electron chi connectivity index (χ0n) is 25.2. The van der Waals surface area contributed by atoms with Crippen molar-refractivity contribution in [3.8, 4) is 11.3 Å². The highest BCUT2D eigenvalue weighted by molar-refractivity contribution is 7.14. The van der Waals surface area contributed by atoms with Crippen LogP contribution in [0.1, 0.15) is 52.8 Å². The van der Waals surface area contributed by atoms with Crippen LogP contribution in [0.2, 0.25) is 0 Å². The van der Waals surface area contributed by atoms with Gasteiger partial charge in [-0.3, -0.25) is 9.59 Å². The number of ketones is 1. The van der Waals surface area contributed by atoms with Crippen LogP contribution in [0.15, 0.2) is 53.9 Å². The van der Waals surface area contributed by atoms with E-state index in [0.29, 0.717) is 36.2 Å². The number of benzene rings is 2. The Morgan fingerprint density at radius 2 is 1.61 bits per heavy atom. The van der Waals surface area contributed by atoms with Crippen molar-refractivity contribution in [2.24, 2.45) is 0 Å². The minimum atomic E-state index is -0.958. The third kappa shape index (κ3) is 6.82. The number of aliphatic hydroxyl groups excluding tert-OH is 1. The van der Waals surface area contributed by atoms with E-state index in [1.807, 2.05) is 42.5 Å². The molecule has 1 aliphatic carbocycles. The average molecular weight is 619 g/mol. The van der Waals surface area contributed by atoms with Crippen molar-refractivity contribution < 1.29 is 19.4 Å². The molecule has 2 aliphatic heterocycles. The zero-order valence-corrected chi connectivity index (χ0v) is 26.0. The molecule has 2 aromatic carbocycles. The van der Waals surface area contributed by atoms with E-state index in [1.165, 1.54) is 0 Å². The fourth-order valence-corrected chi connectivity index (χ4v) is 7.37. The number of aromatic nitrogens is 1. The van der Waals surface area contributed by atoms with Crippen LogP contribution >= 0.6 is 11.3 Å². The van der Waals surface area contributed by atoms with Crippen molar-refractivity contribution in [3.05, 3.63) is 65.0 Å². The molecule has 2 saturated heterocycles. The predicted octanol–water partition coefficient (Wildman–Crippen LogP) is 3.90. The van der Waals surface area contributed by atoms with Gasteiger partial charge < -0.3 is 25.4 Å². The van der Waals surface area contributed by atoms with Crippen LogP contribution in [-0.2, 0) is 4.74 Å². The molecule has 3 heterocycles. The van der Waals surface area contributed by atoms with E-state index < -0.39 is 5.54 Å². The predicted molar refractivity (Wildman–Crippen MR) is 173 cm³/mol. The van der Waals surface area contributed by atoms with Crippen LogP contribution in [0.5, 0.6) is 0 Å². The highest BCUT2D eigenvalue weighted by Crippen LogP contribution is 2.34. The van der Waals surface area contributed by atoms with E-state index in [0.717, 1.165) is 88.1 Å². The third-order valence-electron chi connectivity index (χ3n) is 8.94. The molecule has 1 aromatic heterocycles. The van der Waals surface area contributed by atoms with Crippen molar-refractivity contribution >= 4 is 33.8 Å².